The van der Waals surface area contributed by atoms with Gasteiger partial charge >= 0.3 is 5.97 Å². The smallest absolute Gasteiger partial charge is 0.338 e. The minimum Gasteiger partial charge on any atom is -0.457 e. The molecular weight excluding hydrogens is 405 g/mol. The number of carbonyl (C=O) groups excluding carboxylic acids is 1. The Hall–Kier alpha value is -1.96. The van der Waals surface area contributed by atoms with Gasteiger partial charge in [0, 0.05) is 18.7 Å². The Morgan fingerprint density at radius 1 is 1.07 bits per heavy atom. The van der Waals surface area contributed by atoms with Crippen LogP contribution in [-0.2, 0) is 21.4 Å². The monoisotopic (exact) mass is 425 g/mol. The number of nitrogens with zero attached hydrogens (tertiary/aromatic N) is 1. The summed E-state index contributed by atoms with van der Waals surface area (Å²) in [6.07, 6.45) is 3.56. The molecule has 150 valence electrons. The van der Waals surface area contributed by atoms with E-state index in [1.54, 1.807) is 12.1 Å². The first-order valence-electron chi connectivity index (χ1n) is 9.10. The summed E-state index contributed by atoms with van der Waals surface area (Å²) >= 11 is 6.13. The van der Waals surface area contributed by atoms with Crippen molar-refractivity contribution < 1.29 is 22.3 Å². The number of halogens is 2. The van der Waals surface area contributed by atoms with Crippen LogP contribution in [0.4, 0.5) is 4.39 Å². The Labute approximate surface area is 169 Å². The molecule has 0 N–H and O–H groups in total. The third-order valence-corrected chi connectivity index (χ3v) is 7.05. The Bertz CT molecular complexity index is 956. The van der Waals surface area contributed by atoms with E-state index >= 15 is 0 Å². The molecule has 0 unspecified atom stereocenters. The predicted octanol–water partition coefficient (Wildman–Crippen LogP) is 4.40. The molecule has 0 bridgehead atoms. The number of carbonyl (C=O) groups is 1. The number of benzene rings is 2. The summed E-state index contributed by atoms with van der Waals surface area (Å²) in [7, 11) is -3.81. The van der Waals surface area contributed by atoms with Gasteiger partial charge in [0.2, 0.25) is 10.0 Å². The molecule has 2 aromatic carbocycles. The molecule has 0 aromatic heterocycles. The lowest BCUT2D eigenvalue weighted by molar-refractivity contribution is 0.0468. The molecule has 0 saturated carbocycles. The van der Waals surface area contributed by atoms with Gasteiger partial charge in [0.1, 0.15) is 17.3 Å². The zero-order valence-corrected chi connectivity index (χ0v) is 16.8. The standard InChI is InChI=1S/C20H21ClFNO4S/c21-17-10-9-15(20(24)27-14-16-7-3-4-8-18(16)22)13-19(17)28(25,26)23-11-5-1-2-6-12-23/h3-4,7-10,13H,1-2,5-6,11-12,14H2. The first-order chi connectivity index (χ1) is 13.4. The van der Waals surface area contributed by atoms with Crippen LogP contribution in [0.3, 0.4) is 0 Å². The van der Waals surface area contributed by atoms with Crippen LogP contribution in [0.1, 0.15) is 41.6 Å². The quantitative estimate of drug-likeness (QED) is 0.666. The van der Waals surface area contributed by atoms with Gasteiger partial charge in [-0.25, -0.2) is 17.6 Å². The van der Waals surface area contributed by atoms with E-state index in [0.29, 0.717) is 13.1 Å². The second-order valence-corrected chi connectivity index (χ2v) is 8.94. The molecule has 0 radical (unpaired) electrons. The van der Waals surface area contributed by atoms with Crippen molar-refractivity contribution in [3.63, 3.8) is 0 Å². The van der Waals surface area contributed by atoms with Gasteiger partial charge in [-0.15, -0.1) is 0 Å². The van der Waals surface area contributed by atoms with Crippen molar-refractivity contribution in [2.45, 2.75) is 37.2 Å². The van der Waals surface area contributed by atoms with E-state index in [9.17, 15) is 17.6 Å². The van der Waals surface area contributed by atoms with Crippen LogP contribution >= 0.6 is 11.6 Å². The van der Waals surface area contributed by atoms with E-state index in [2.05, 4.69) is 0 Å². The van der Waals surface area contributed by atoms with E-state index in [0.717, 1.165) is 25.7 Å². The number of hydrogen-bond acceptors (Lipinski definition) is 4. The Morgan fingerprint density at radius 2 is 1.75 bits per heavy atom. The number of esters is 1. The van der Waals surface area contributed by atoms with Crippen molar-refractivity contribution in [1.29, 1.82) is 0 Å². The average molecular weight is 426 g/mol. The minimum atomic E-state index is -3.81. The van der Waals surface area contributed by atoms with Crippen LogP contribution in [0.2, 0.25) is 5.02 Å². The molecule has 28 heavy (non-hydrogen) atoms. The van der Waals surface area contributed by atoms with Gasteiger partial charge < -0.3 is 4.74 Å². The average Bonchev–Trinajstić information content (AvgIpc) is 2.97. The molecule has 0 aliphatic carbocycles. The first kappa shape index (κ1) is 20.8. The molecule has 0 atom stereocenters. The fourth-order valence-corrected chi connectivity index (χ4v) is 5.11. The van der Waals surface area contributed by atoms with Crippen molar-refractivity contribution in [2.24, 2.45) is 0 Å². The van der Waals surface area contributed by atoms with E-state index in [4.69, 9.17) is 16.3 Å². The molecule has 1 saturated heterocycles. The molecular formula is C20H21ClFNO4S. The van der Waals surface area contributed by atoms with Crippen molar-refractivity contribution in [1.82, 2.24) is 4.31 Å². The minimum absolute atomic E-state index is 0.0501. The summed E-state index contributed by atoms with van der Waals surface area (Å²) in [5.41, 5.74) is 0.288. The number of ether oxygens (including phenoxy) is 1. The zero-order chi connectivity index (χ0) is 20.1. The molecule has 8 heteroatoms. The van der Waals surface area contributed by atoms with Gasteiger partial charge in [0.25, 0.3) is 0 Å². The lowest BCUT2D eigenvalue weighted by Crippen LogP contribution is -2.32. The van der Waals surface area contributed by atoms with Crippen LogP contribution in [0, 0.1) is 5.82 Å². The first-order valence-corrected chi connectivity index (χ1v) is 10.9. The molecule has 2 aromatic rings. The van der Waals surface area contributed by atoms with Crippen molar-refractivity contribution in [3.05, 3.63) is 64.4 Å². The van der Waals surface area contributed by atoms with Crippen molar-refractivity contribution in [2.75, 3.05) is 13.1 Å². The summed E-state index contributed by atoms with van der Waals surface area (Å²) in [5.74, 6) is -1.22. The largest absolute Gasteiger partial charge is 0.457 e. The van der Waals surface area contributed by atoms with E-state index < -0.39 is 21.8 Å². The number of rotatable bonds is 5. The maximum Gasteiger partial charge on any atom is 0.338 e. The van der Waals surface area contributed by atoms with Gasteiger partial charge in [-0.3, -0.25) is 0 Å². The third-order valence-electron chi connectivity index (χ3n) is 4.67. The van der Waals surface area contributed by atoms with Crippen LogP contribution in [0.5, 0.6) is 0 Å². The van der Waals surface area contributed by atoms with Crippen molar-refractivity contribution >= 4 is 27.6 Å². The molecule has 1 fully saturated rings. The van der Waals surface area contributed by atoms with Gasteiger partial charge in [0.15, 0.2) is 0 Å². The fraction of sp³-hybridized carbons (Fsp3) is 0.350. The third kappa shape index (κ3) is 4.71. The molecule has 0 spiro atoms. The highest BCUT2D eigenvalue weighted by atomic mass is 35.5. The molecule has 3 rings (SSSR count). The Morgan fingerprint density at radius 3 is 2.43 bits per heavy atom. The fourth-order valence-electron chi connectivity index (χ4n) is 3.09. The molecule has 1 aliphatic rings. The maximum absolute atomic E-state index is 13.7. The SMILES string of the molecule is O=C(OCc1ccccc1F)c1ccc(Cl)c(S(=O)(=O)N2CCCCCC2)c1. The predicted molar refractivity (Wildman–Crippen MR) is 104 cm³/mol. The maximum atomic E-state index is 13.7. The lowest BCUT2D eigenvalue weighted by atomic mass is 10.2. The normalized spacial score (nSPS) is 15.8. The Kier molecular flexibility index (Phi) is 6.69. The summed E-state index contributed by atoms with van der Waals surface area (Å²) in [4.78, 5) is 12.2. The molecule has 5 nitrogen and oxygen atoms in total. The summed E-state index contributed by atoms with van der Waals surface area (Å²) in [6, 6.07) is 9.96. The van der Waals surface area contributed by atoms with E-state index in [1.807, 2.05) is 0 Å². The van der Waals surface area contributed by atoms with Crippen LogP contribution in [0.25, 0.3) is 0 Å². The summed E-state index contributed by atoms with van der Waals surface area (Å²) < 4.78 is 46.2. The second kappa shape index (κ2) is 9.03. The molecule has 1 heterocycles. The van der Waals surface area contributed by atoms with Crippen LogP contribution < -0.4 is 0 Å². The molecule has 0 amide bonds. The van der Waals surface area contributed by atoms with Crippen molar-refractivity contribution in [3.8, 4) is 0 Å². The van der Waals surface area contributed by atoms with Gasteiger partial charge in [-0.2, -0.15) is 4.31 Å². The molecule has 1 aliphatic heterocycles. The van der Waals surface area contributed by atoms with E-state index in [-0.39, 0.29) is 27.7 Å². The number of sulfonamides is 1. The topological polar surface area (TPSA) is 63.7 Å². The highest BCUT2D eigenvalue weighted by Gasteiger charge is 2.28. The lowest BCUT2D eigenvalue weighted by Gasteiger charge is -2.21. The Balaban J connectivity index is 1.80. The van der Waals surface area contributed by atoms with Gasteiger partial charge in [-0.1, -0.05) is 42.6 Å². The van der Waals surface area contributed by atoms with Gasteiger partial charge in [0.05, 0.1) is 10.6 Å². The van der Waals surface area contributed by atoms with Crippen LogP contribution in [-0.4, -0.2) is 31.8 Å². The second-order valence-electron chi connectivity index (χ2n) is 6.63. The van der Waals surface area contributed by atoms with Crippen LogP contribution in [0.15, 0.2) is 47.4 Å². The zero-order valence-electron chi connectivity index (χ0n) is 15.2. The number of hydrogen-bond donors (Lipinski definition) is 0. The highest BCUT2D eigenvalue weighted by molar-refractivity contribution is 7.89. The highest BCUT2D eigenvalue weighted by Crippen LogP contribution is 2.28. The van der Waals surface area contributed by atoms with E-state index in [1.165, 1.54) is 34.6 Å². The van der Waals surface area contributed by atoms with Gasteiger partial charge in [-0.05, 0) is 37.1 Å². The summed E-state index contributed by atoms with van der Waals surface area (Å²) in [5, 5.41) is 0.0508. The summed E-state index contributed by atoms with van der Waals surface area (Å²) in [6.45, 7) is 0.615.